The Hall–Kier alpha value is -3.08. The van der Waals surface area contributed by atoms with E-state index in [9.17, 15) is 14.9 Å². The summed E-state index contributed by atoms with van der Waals surface area (Å²) in [6.45, 7) is 2.15. The van der Waals surface area contributed by atoms with Crippen molar-refractivity contribution in [3.8, 4) is 5.75 Å². The SMILES string of the molecule is CCCCc1nc2ccc(Br)cc2c(=O)n1N=Cc1cc(Cl)c(OCc2ccc(Br)cc2)c([N+](=O)[O-])c1. The number of benzene rings is 3. The van der Waals surface area contributed by atoms with Crippen LogP contribution in [0.25, 0.3) is 10.9 Å². The Morgan fingerprint density at radius 1 is 1.14 bits per heavy atom. The molecule has 0 N–H and O–H groups in total. The molecule has 0 aliphatic carbocycles. The van der Waals surface area contributed by atoms with E-state index in [-0.39, 0.29) is 28.6 Å². The van der Waals surface area contributed by atoms with Gasteiger partial charge in [0.25, 0.3) is 5.56 Å². The van der Waals surface area contributed by atoms with Gasteiger partial charge in [0.2, 0.25) is 5.75 Å². The van der Waals surface area contributed by atoms with Crippen LogP contribution in [-0.2, 0) is 13.0 Å². The smallest absolute Gasteiger partial charge is 0.313 e. The fraction of sp³-hybridized carbons (Fsp3) is 0.192. The van der Waals surface area contributed by atoms with Crippen LogP contribution < -0.4 is 10.3 Å². The highest BCUT2D eigenvalue weighted by molar-refractivity contribution is 9.10. The molecule has 4 rings (SSSR count). The Labute approximate surface area is 234 Å². The topological polar surface area (TPSA) is 99.6 Å². The van der Waals surface area contributed by atoms with Crippen molar-refractivity contribution in [3.05, 3.63) is 106 Å². The summed E-state index contributed by atoms with van der Waals surface area (Å²) in [5.41, 5.74) is 1.12. The number of aryl methyl sites for hydroxylation is 1. The third-order valence-corrected chi connectivity index (χ3v) is 6.79. The normalized spacial score (nSPS) is 11.4. The highest BCUT2D eigenvalue weighted by atomic mass is 79.9. The lowest BCUT2D eigenvalue weighted by molar-refractivity contribution is -0.385. The van der Waals surface area contributed by atoms with Gasteiger partial charge in [-0.05, 0) is 48.4 Å². The molecule has 1 heterocycles. The van der Waals surface area contributed by atoms with Crippen molar-refractivity contribution in [3.63, 3.8) is 0 Å². The molecule has 1 aromatic heterocycles. The highest BCUT2D eigenvalue weighted by Crippen LogP contribution is 2.36. The summed E-state index contributed by atoms with van der Waals surface area (Å²) in [5, 5.41) is 16.6. The van der Waals surface area contributed by atoms with E-state index >= 15 is 0 Å². The molecule has 0 amide bonds. The number of halogens is 3. The number of hydrogen-bond acceptors (Lipinski definition) is 6. The van der Waals surface area contributed by atoms with E-state index in [1.54, 1.807) is 12.1 Å². The van der Waals surface area contributed by atoms with Crippen LogP contribution in [0.2, 0.25) is 5.02 Å². The number of fused-ring (bicyclic) bond motifs is 1. The Bertz CT molecular complexity index is 1560. The second-order valence-corrected chi connectivity index (χ2v) is 10.4. The van der Waals surface area contributed by atoms with Gasteiger partial charge >= 0.3 is 5.69 Å². The van der Waals surface area contributed by atoms with Crippen molar-refractivity contribution in [1.29, 1.82) is 0 Å². The number of hydrogen-bond donors (Lipinski definition) is 0. The van der Waals surface area contributed by atoms with Crippen molar-refractivity contribution < 1.29 is 9.66 Å². The second-order valence-electron chi connectivity index (χ2n) is 8.18. The standard InChI is InChI=1S/C26H21Br2ClN4O4/c1-2-3-4-24-31-22-10-9-19(28)13-20(22)26(34)32(24)30-14-17-11-21(29)25(23(12-17)33(35)36)37-15-16-5-7-18(27)8-6-16/h5-14H,2-4,15H2,1H3. The number of ether oxygens (including phenoxy) is 1. The van der Waals surface area contributed by atoms with Gasteiger partial charge in [-0.25, -0.2) is 4.98 Å². The Morgan fingerprint density at radius 3 is 2.57 bits per heavy atom. The molecular weight excluding hydrogens is 628 g/mol. The zero-order valence-corrected chi connectivity index (χ0v) is 23.6. The summed E-state index contributed by atoms with van der Waals surface area (Å²) in [7, 11) is 0. The lowest BCUT2D eigenvalue weighted by Gasteiger charge is -2.11. The lowest BCUT2D eigenvalue weighted by atomic mass is 10.2. The summed E-state index contributed by atoms with van der Waals surface area (Å²) in [6.07, 6.45) is 3.66. The monoisotopic (exact) mass is 646 g/mol. The summed E-state index contributed by atoms with van der Waals surface area (Å²) in [4.78, 5) is 29.1. The molecule has 0 spiro atoms. The van der Waals surface area contributed by atoms with Crippen molar-refractivity contribution in [2.45, 2.75) is 32.8 Å². The van der Waals surface area contributed by atoms with Gasteiger partial charge in [-0.2, -0.15) is 9.78 Å². The average molecular weight is 649 g/mol. The maximum atomic E-state index is 13.3. The number of unbranched alkanes of at least 4 members (excludes halogenated alkanes) is 1. The van der Waals surface area contributed by atoms with Crippen LogP contribution in [0.4, 0.5) is 5.69 Å². The van der Waals surface area contributed by atoms with Gasteiger partial charge in [-0.3, -0.25) is 14.9 Å². The Balaban J connectivity index is 1.70. The number of aromatic nitrogens is 2. The fourth-order valence-corrected chi connectivity index (χ4v) is 4.53. The van der Waals surface area contributed by atoms with Gasteiger partial charge in [0.1, 0.15) is 12.4 Å². The van der Waals surface area contributed by atoms with Crippen molar-refractivity contribution >= 4 is 66.3 Å². The van der Waals surface area contributed by atoms with Crippen LogP contribution in [0.1, 0.15) is 36.7 Å². The first-order valence-electron chi connectivity index (χ1n) is 11.4. The summed E-state index contributed by atoms with van der Waals surface area (Å²) in [6, 6.07) is 15.5. The molecular formula is C26H21Br2ClN4O4. The molecule has 0 unspecified atom stereocenters. The minimum absolute atomic E-state index is 0.0373. The van der Waals surface area contributed by atoms with Gasteiger partial charge in [0.05, 0.1) is 27.1 Å². The molecule has 0 radical (unpaired) electrons. The summed E-state index contributed by atoms with van der Waals surface area (Å²) < 4.78 is 8.61. The average Bonchev–Trinajstić information content (AvgIpc) is 2.87. The molecule has 0 atom stereocenters. The van der Waals surface area contributed by atoms with Gasteiger partial charge in [-0.15, -0.1) is 0 Å². The lowest BCUT2D eigenvalue weighted by Crippen LogP contribution is -2.22. The van der Waals surface area contributed by atoms with E-state index in [0.717, 1.165) is 27.4 Å². The molecule has 0 saturated carbocycles. The van der Waals surface area contributed by atoms with Crippen molar-refractivity contribution in [1.82, 2.24) is 9.66 Å². The predicted octanol–water partition coefficient (Wildman–Crippen LogP) is 7.29. The molecule has 11 heteroatoms. The Morgan fingerprint density at radius 2 is 1.86 bits per heavy atom. The zero-order valence-electron chi connectivity index (χ0n) is 19.7. The quantitative estimate of drug-likeness (QED) is 0.108. The molecule has 0 bridgehead atoms. The van der Waals surface area contributed by atoms with E-state index < -0.39 is 4.92 Å². The van der Waals surface area contributed by atoms with Gasteiger partial charge in [0, 0.05) is 27.0 Å². The van der Waals surface area contributed by atoms with Crippen molar-refractivity contribution in [2.75, 3.05) is 0 Å². The number of nitro groups is 1. The third kappa shape index (κ3) is 6.44. The van der Waals surface area contributed by atoms with Gasteiger partial charge < -0.3 is 4.74 Å². The van der Waals surface area contributed by atoms with Crippen LogP contribution in [0.3, 0.4) is 0 Å². The summed E-state index contributed by atoms with van der Waals surface area (Å²) >= 11 is 13.1. The third-order valence-electron chi connectivity index (χ3n) is 5.49. The highest BCUT2D eigenvalue weighted by Gasteiger charge is 2.21. The molecule has 8 nitrogen and oxygen atoms in total. The Kier molecular flexibility index (Phi) is 8.73. The number of rotatable bonds is 9. The van der Waals surface area contributed by atoms with Crippen LogP contribution in [-0.4, -0.2) is 20.8 Å². The molecule has 0 aliphatic rings. The second kappa shape index (κ2) is 12.0. The number of nitro benzene ring substituents is 1. The molecule has 0 aliphatic heterocycles. The van der Waals surface area contributed by atoms with E-state index in [1.807, 2.05) is 37.3 Å². The first kappa shape index (κ1) is 27.0. The maximum absolute atomic E-state index is 13.3. The van der Waals surface area contributed by atoms with Crippen LogP contribution in [0.15, 0.2) is 73.4 Å². The van der Waals surface area contributed by atoms with E-state index in [0.29, 0.717) is 28.7 Å². The van der Waals surface area contributed by atoms with Crippen molar-refractivity contribution in [2.24, 2.45) is 5.10 Å². The van der Waals surface area contributed by atoms with Gasteiger partial charge in [-0.1, -0.05) is 68.9 Å². The van der Waals surface area contributed by atoms with Crippen LogP contribution in [0.5, 0.6) is 5.75 Å². The maximum Gasteiger partial charge on any atom is 0.313 e. The van der Waals surface area contributed by atoms with E-state index in [4.69, 9.17) is 16.3 Å². The molecule has 4 aromatic rings. The number of nitrogens with zero attached hydrogens (tertiary/aromatic N) is 4. The first-order chi connectivity index (χ1) is 17.8. The summed E-state index contributed by atoms with van der Waals surface area (Å²) in [5.74, 6) is 0.470. The molecule has 190 valence electrons. The van der Waals surface area contributed by atoms with Gasteiger partial charge in [0.15, 0.2) is 0 Å². The largest absolute Gasteiger partial charge is 0.481 e. The minimum atomic E-state index is -0.561. The minimum Gasteiger partial charge on any atom is -0.481 e. The zero-order chi connectivity index (χ0) is 26.5. The fourth-order valence-electron chi connectivity index (χ4n) is 3.62. The molecule has 37 heavy (non-hydrogen) atoms. The van der Waals surface area contributed by atoms with E-state index in [2.05, 4.69) is 41.9 Å². The molecule has 3 aromatic carbocycles. The molecule has 0 saturated heterocycles. The van der Waals surface area contributed by atoms with Crippen LogP contribution >= 0.6 is 43.5 Å². The first-order valence-corrected chi connectivity index (χ1v) is 13.3. The predicted molar refractivity (Wildman–Crippen MR) is 152 cm³/mol. The van der Waals surface area contributed by atoms with Crippen LogP contribution in [0, 0.1) is 10.1 Å². The molecule has 0 fully saturated rings. The van der Waals surface area contributed by atoms with E-state index in [1.165, 1.54) is 23.0 Å².